The topological polar surface area (TPSA) is 102 Å². The molecular formula is C25H31N7S. The highest BCUT2D eigenvalue weighted by Gasteiger charge is 2.22. The van der Waals surface area contributed by atoms with Crippen molar-refractivity contribution in [2.45, 2.75) is 58.0 Å². The molecule has 0 amide bonds. The van der Waals surface area contributed by atoms with Gasteiger partial charge in [0.2, 0.25) is 0 Å². The van der Waals surface area contributed by atoms with E-state index in [-0.39, 0.29) is 0 Å². The average molecular weight is 462 g/mol. The number of aliphatic imine (C=N–C) groups is 1. The molecular weight excluding hydrogens is 430 g/mol. The molecule has 0 spiro atoms. The number of rotatable bonds is 7. The molecule has 1 saturated carbocycles. The number of aryl methyl sites for hydroxylation is 1. The van der Waals surface area contributed by atoms with Gasteiger partial charge >= 0.3 is 0 Å². The molecule has 1 aliphatic rings. The van der Waals surface area contributed by atoms with Crippen LogP contribution >= 0.6 is 11.3 Å². The molecule has 3 N–H and O–H groups in total. The fourth-order valence-corrected chi connectivity index (χ4v) is 4.79. The van der Waals surface area contributed by atoms with Gasteiger partial charge in [0.25, 0.3) is 0 Å². The van der Waals surface area contributed by atoms with E-state index < -0.39 is 0 Å². The van der Waals surface area contributed by atoms with E-state index in [0.29, 0.717) is 17.9 Å². The molecule has 8 heteroatoms. The summed E-state index contributed by atoms with van der Waals surface area (Å²) in [7, 11) is 1.79. The van der Waals surface area contributed by atoms with Crippen molar-refractivity contribution in [1.29, 1.82) is 0 Å². The van der Waals surface area contributed by atoms with Gasteiger partial charge in [-0.2, -0.15) is 0 Å². The van der Waals surface area contributed by atoms with Gasteiger partial charge in [0.15, 0.2) is 10.8 Å². The maximum absolute atomic E-state index is 6.11. The number of allylic oxidation sites excluding steroid dienone is 2. The van der Waals surface area contributed by atoms with Gasteiger partial charge in [-0.3, -0.25) is 4.99 Å². The highest BCUT2D eigenvalue weighted by atomic mass is 32.1. The van der Waals surface area contributed by atoms with E-state index >= 15 is 0 Å². The lowest BCUT2D eigenvalue weighted by Crippen LogP contribution is -2.33. The minimum absolute atomic E-state index is 0.300. The Kier molecular flexibility index (Phi) is 7.57. The van der Waals surface area contributed by atoms with Crippen LogP contribution in [0.2, 0.25) is 0 Å². The van der Waals surface area contributed by atoms with Crippen LogP contribution in [0.1, 0.15) is 49.6 Å². The summed E-state index contributed by atoms with van der Waals surface area (Å²) in [5, 5.41) is 13.9. The first-order chi connectivity index (χ1) is 16.1. The minimum atomic E-state index is 0.300. The minimum Gasteiger partial charge on any atom is -0.367 e. The number of anilines is 1. The van der Waals surface area contributed by atoms with Gasteiger partial charge in [-0.15, -0.1) is 10.2 Å². The summed E-state index contributed by atoms with van der Waals surface area (Å²) in [5.74, 6) is 1.49. The van der Waals surface area contributed by atoms with Crippen LogP contribution in [-0.2, 0) is 0 Å². The SMILES string of the molecule is CC/C=C(\C=N/C)c1cccc(-c2ncc(-c3nnc(C)s3)c(NC3CCC(N)CC3)n2)c1. The van der Waals surface area contributed by atoms with Crippen molar-refractivity contribution in [3.05, 3.63) is 47.1 Å². The summed E-state index contributed by atoms with van der Waals surface area (Å²) >= 11 is 1.55. The summed E-state index contributed by atoms with van der Waals surface area (Å²) < 4.78 is 0. The third-order valence-corrected chi connectivity index (χ3v) is 6.68. The number of benzene rings is 1. The molecule has 172 valence electrons. The summed E-state index contributed by atoms with van der Waals surface area (Å²) in [6.45, 7) is 4.08. The molecule has 0 bridgehead atoms. The third-order valence-electron chi connectivity index (χ3n) is 5.80. The van der Waals surface area contributed by atoms with Crippen LogP contribution in [0, 0.1) is 6.92 Å². The Morgan fingerprint density at radius 1 is 1.24 bits per heavy atom. The highest BCUT2D eigenvalue weighted by Crippen LogP contribution is 2.32. The number of nitrogens with one attached hydrogen (secondary N) is 1. The predicted molar refractivity (Wildman–Crippen MR) is 138 cm³/mol. The first kappa shape index (κ1) is 23.2. The number of nitrogens with two attached hydrogens (primary N) is 1. The van der Waals surface area contributed by atoms with Crippen molar-refractivity contribution in [3.63, 3.8) is 0 Å². The van der Waals surface area contributed by atoms with E-state index in [2.05, 4.69) is 45.6 Å². The van der Waals surface area contributed by atoms with Gasteiger partial charge in [0, 0.05) is 37.1 Å². The smallest absolute Gasteiger partial charge is 0.161 e. The van der Waals surface area contributed by atoms with Crippen molar-refractivity contribution in [3.8, 4) is 22.0 Å². The lowest BCUT2D eigenvalue weighted by Gasteiger charge is -2.27. The fourth-order valence-electron chi connectivity index (χ4n) is 4.09. The Morgan fingerprint density at radius 3 is 2.76 bits per heavy atom. The summed E-state index contributed by atoms with van der Waals surface area (Å²) in [6, 6.07) is 8.94. The largest absolute Gasteiger partial charge is 0.367 e. The van der Waals surface area contributed by atoms with Crippen LogP contribution in [0.25, 0.3) is 27.5 Å². The number of hydrogen-bond donors (Lipinski definition) is 2. The van der Waals surface area contributed by atoms with E-state index in [1.54, 1.807) is 18.4 Å². The van der Waals surface area contributed by atoms with E-state index in [9.17, 15) is 0 Å². The molecule has 0 saturated heterocycles. The first-order valence-electron chi connectivity index (χ1n) is 11.5. The first-order valence-corrected chi connectivity index (χ1v) is 12.3. The van der Waals surface area contributed by atoms with Crippen LogP contribution < -0.4 is 11.1 Å². The van der Waals surface area contributed by atoms with E-state index in [1.807, 2.05) is 31.5 Å². The molecule has 2 heterocycles. The summed E-state index contributed by atoms with van der Waals surface area (Å²) in [4.78, 5) is 13.9. The van der Waals surface area contributed by atoms with Gasteiger partial charge < -0.3 is 11.1 Å². The highest BCUT2D eigenvalue weighted by molar-refractivity contribution is 7.14. The van der Waals surface area contributed by atoms with Gasteiger partial charge in [0.05, 0.1) is 5.56 Å². The molecule has 0 aliphatic heterocycles. The third kappa shape index (κ3) is 5.69. The van der Waals surface area contributed by atoms with E-state index in [0.717, 1.165) is 70.2 Å². The number of aromatic nitrogens is 4. The molecule has 33 heavy (non-hydrogen) atoms. The van der Waals surface area contributed by atoms with Crippen molar-refractivity contribution in [1.82, 2.24) is 20.2 Å². The zero-order valence-electron chi connectivity index (χ0n) is 19.5. The number of nitrogens with zero attached hydrogens (tertiary/aromatic N) is 5. The molecule has 3 aromatic rings. The quantitative estimate of drug-likeness (QED) is 0.472. The van der Waals surface area contributed by atoms with Gasteiger partial charge in [-0.25, -0.2) is 9.97 Å². The van der Waals surface area contributed by atoms with E-state index in [4.69, 9.17) is 15.7 Å². The molecule has 0 unspecified atom stereocenters. The van der Waals surface area contributed by atoms with Crippen molar-refractivity contribution in [2.24, 2.45) is 10.7 Å². The average Bonchev–Trinajstić information content (AvgIpc) is 3.26. The molecule has 1 fully saturated rings. The molecule has 7 nitrogen and oxygen atoms in total. The standard InChI is InChI=1S/C25H31N7S/c1-4-6-19(14-27-3)17-7-5-8-18(13-17)23-28-15-22(25-32-31-16(2)33-25)24(30-23)29-21-11-9-20(26)10-12-21/h5-8,13-15,20-21H,4,9-12,26H2,1-3H3,(H,28,29,30)/b19-6+,27-14-. The van der Waals surface area contributed by atoms with Crippen LogP contribution in [0.4, 0.5) is 5.82 Å². The fraction of sp³-hybridized carbons (Fsp3) is 0.400. The lowest BCUT2D eigenvalue weighted by molar-refractivity contribution is 0.410. The second-order valence-corrected chi connectivity index (χ2v) is 9.56. The maximum atomic E-state index is 6.11. The van der Waals surface area contributed by atoms with Crippen molar-refractivity contribution < 1.29 is 0 Å². The van der Waals surface area contributed by atoms with Crippen LogP contribution in [0.3, 0.4) is 0 Å². The predicted octanol–water partition coefficient (Wildman–Crippen LogP) is 5.15. The van der Waals surface area contributed by atoms with E-state index in [1.165, 1.54) is 0 Å². The Labute approximate surface area is 199 Å². The Morgan fingerprint density at radius 2 is 2.06 bits per heavy atom. The zero-order chi connectivity index (χ0) is 23.2. The lowest BCUT2D eigenvalue weighted by atomic mass is 9.92. The second-order valence-electron chi connectivity index (χ2n) is 8.37. The van der Waals surface area contributed by atoms with Gasteiger partial charge in [-0.1, -0.05) is 42.5 Å². The monoisotopic (exact) mass is 461 g/mol. The normalized spacial score (nSPS) is 19.2. The second kappa shape index (κ2) is 10.8. The summed E-state index contributed by atoms with van der Waals surface area (Å²) in [5.41, 5.74) is 10.2. The van der Waals surface area contributed by atoms with Gasteiger partial charge in [-0.05, 0) is 56.2 Å². The van der Waals surface area contributed by atoms with Crippen molar-refractivity contribution >= 4 is 28.9 Å². The Balaban J connectivity index is 1.71. The van der Waals surface area contributed by atoms with Crippen molar-refractivity contribution in [2.75, 3.05) is 12.4 Å². The maximum Gasteiger partial charge on any atom is 0.161 e. The zero-order valence-corrected chi connectivity index (χ0v) is 20.3. The number of hydrogen-bond acceptors (Lipinski definition) is 8. The Hall–Kier alpha value is -2.97. The van der Waals surface area contributed by atoms with Crippen LogP contribution in [0.15, 0.2) is 41.5 Å². The molecule has 4 rings (SSSR count). The molecule has 0 atom stereocenters. The van der Waals surface area contributed by atoms with Crippen LogP contribution in [0.5, 0.6) is 0 Å². The molecule has 0 radical (unpaired) electrons. The molecule has 1 aliphatic carbocycles. The molecule has 2 aromatic heterocycles. The van der Waals surface area contributed by atoms with Crippen LogP contribution in [-0.4, -0.2) is 45.5 Å². The molecule has 1 aromatic carbocycles. The summed E-state index contributed by atoms with van der Waals surface area (Å²) in [6.07, 6.45) is 11.0. The van der Waals surface area contributed by atoms with Gasteiger partial charge in [0.1, 0.15) is 10.8 Å². The Bertz CT molecular complexity index is 1140.